The molecule has 9 heteroatoms. The van der Waals surface area contributed by atoms with Crippen molar-refractivity contribution in [3.63, 3.8) is 0 Å². The lowest BCUT2D eigenvalue weighted by Gasteiger charge is -2.05. The van der Waals surface area contributed by atoms with E-state index in [1.54, 1.807) is 24.3 Å². The molecule has 0 amide bonds. The number of aryl methyl sites for hydroxylation is 1. The molecule has 1 aromatic carbocycles. The first kappa shape index (κ1) is 13.9. The van der Waals surface area contributed by atoms with Gasteiger partial charge in [-0.25, -0.2) is 13.1 Å². The fourth-order valence-electron chi connectivity index (χ4n) is 1.44. The first-order chi connectivity index (χ1) is 9.12. The molecule has 0 bridgehead atoms. The quantitative estimate of drug-likeness (QED) is 0.755. The predicted octanol–water partition coefficient (Wildman–Crippen LogP) is 0.459. The molecule has 0 spiro atoms. The first-order valence-electron chi connectivity index (χ1n) is 5.49. The summed E-state index contributed by atoms with van der Waals surface area (Å²) in [7, 11) is -3.57. The van der Waals surface area contributed by atoms with Crippen molar-refractivity contribution in [3.8, 4) is 0 Å². The van der Waals surface area contributed by atoms with E-state index in [1.807, 2.05) is 0 Å². The van der Waals surface area contributed by atoms with Crippen LogP contribution >= 0.6 is 11.6 Å². The van der Waals surface area contributed by atoms with Gasteiger partial charge in [-0.1, -0.05) is 17.3 Å². The number of nitrogens with zero attached hydrogens (tertiary/aromatic N) is 3. The number of halogens is 1. The highest BCUT2D eigenvalue weighted by Gasteiger charge is 2.14. The van der Waals surface area contributed by atoms with Crippen molar-refractivity contribution in [2.24, 2.45) is 0 Å². The Morgan fingerprint density at radius 2 is 2.00 bits per heavy atom. The maximum atomic E-state index is 12.0. The molecule has 0 unspecified atom stereocenters. The number of hydrogen-bond acceptors (Lipinski definition) is 5. The summed E-state index contributed by atoms with van der Waals surface area (Å²) in [6.07, 6.45) is 0.707. The summed E-state index contributed by atoms with van der Waals surface area (Å²) in [6, 6.07) is 6.57. The Labute approximate surface area is 115 Å². The molecule has 2 aromatic rings. The van der Waals surface area contributed by atoms with E-state index in [9.17, 15) is 8.42 Å². The van der Waals surface area contributed by atoms with Crippen LogP contribution < -0.4 is 4.72 Å². The molecular weight excluding hydrogens is 290 g/mol. The van der Waals surface area contributed by atoms with E-state index in [4.69, 9.17) is 11.6 Å². The fraction of sp³-hybridized carbons (Fsp3) is 0.300. The SMILES string of the molecule is O=S(=O)(NCc1nn[nH]n1)c1ccc(CCCl)cc1. The van der Waals surface area contributed by atoms with Crippen LogP contribution in [0.15, 0.2) is 29.2 Å². The van der Waals surface area contributed by atoms with Crippen LogP contribution in [0.1, 0.15) is 11.4 Å². The van der Waals surface area contributed by atoms with Crippen LogP contribution in [0.25, 0.3) is 0 Å². The van der Waals surface area contributed by atoms with Crippen molar-refractivity contribution in [1.29, 1.82) is 0 Å². The third kappa shape index (κ3) is 3.72. The molecule has 2 rings (SSSR count). The Kier molecular flexibility index (Phi) is 4.46. The number of aromatic nitrogens is 4. The molecule has 0 aliphatic carbocycles. The van der Waals surface area contributed by atoms with Gasteiger partial charge in [-0.2, -0.15) is 5.21 Å². The number of tetrazole rings is 1. The summed E-state index contributed by atoms with van der Waals surface area (Å²) in [6.45, 7) is -0.0116. The molecule has 1 heterocycles. The summed E-state index contributed by atoms with van der Waals surface area (Å²) < 4.78 is 26.3. The van der Waals surface area contributed by atoms with E-state index >= 15 is 0 Å². The van der Waals surface area contributed by atoms with Crippen molar-refractivity contribution >= 4 is 21.6 Å². The van der Waals surface area contributed by atoms with Gasteiger partial charge in [0.2, 0.25) is 10.0 Å². The summed E-state index contributed by atoms with van der Waals surface area (Å²) >= 11 is 5.62. The second-order valence-corrected chi connectivity index (χ2v) is 5.88. The van der Waals surface area contributed by atoms with Crippen molar-refractivity contribution in [3.05, 3.63) is 35.7 Å². The number of alkyl halides is 1. The molecule has 7 nitrogen and oxygen atoms in total. The van der Waals surface area contributed by atoms with Gasteiger partial charge in [-0.05, 0) is 24.1 Å². The molecule has 1 aromatic heterocycles. The van der Waals surface area contributed by atoms with E-state index in [2.05, 4.69) is 25.3 Å². The lowest BCUT2D eigenvalue weighted by atomic mass is 10.2. The van der Waals surface area contributed by atoms with Gasteiger partial charge in [0, 0.05) is 5.88 Å². The monoisotopic (exact) mass is 301 g/mol. The van der Waals surface area contributed by atoms with Gasteiger partial charge in [0.15, 0.2) is 5.82 Å². The smallest absolute Gasteiger partial charge is 0.207 e. The Hall–Kier alpha value is -1.51. The van der Waals surface area contributed by atoms with Gasteiger partial charge < -0.3 is 0 Å². The Bertz CT molecular complexity index is 612. The minimum atomic E-state index is -3.57. The van der Waals surface area contributed by atoms with Crippen LogP contribution in [0.3, 0.4) is 0 Å². The minimum Gasteiger partial charge on any atom is -0.207 e. The molecular formula is C10H12ClN5O2S. The summed E-state index contributed by atoms with van der Waals surface area (Å²) in [5, 5.41) is 12.9. The highest BCUT2D eigenvalue weighted by atomic mass is 35.5. The Morgan fingerprint density at radius 3 is 2.58 bits per heavy atom. The topological polar surface area (TPSA) is 101 Å². The largest absolute Gasteiger partial charge is 0.240 e. The van der Waals surface area contributed by atoms with Gasteiger partial charge in [0.05, 0.1) is 11.4 Å². The molecule has 19 heavy (non-hydrogen) atoms. The number of sulfonamides is 1. The number of rotatable bonds is 6. The summed E-state index contributed by atoms with van der Waals surface area (Å²) in [4.78, 5) is 0.189. The highest BCUT2D eigenvalue weighted by molar-refractivity contribution is 7.89. The second-order valence-electron chi connectivity index (χ2n) is 3.74. The second kappa shape index (κ2) is 6.09. The van der Waals surface area contributed by atoms with Crippen molar-refractivity contribution in [2.45, 2.75) is 17.9 Å². The maximum Gasteiger partial charge on any atom is 0.240 e. The molecule has 2 N–H and O–H groups in total. The van der Waals surface area contributed by atoms with Gasteiger partial charge in [-0.15, -0.1) is 21.8 Å². The number of aromatic amines is 1. The molecule has 102 valence electrons. The van der Waals surface area contributed by atoms with Crippen LogP contribution in [-0.2, 0) is 23.0 Å². The summed E-state index contributed by atoms with van der Waals surface area (Å²) in [5.74, 6) is 0.782. The van der Waals surface area contributed by atoms with E-state index < -0.39 is 10.0 Å². The molecule has 0 radical (unpaired) electrons. The van der Waals surface area contributed by atoms with Gasteiger partial charge in [0.25, 0.3) is 0 Å². The van der Waals surface area contributed by atoms with Crippen LogP contribution in [0, 0.1) is 0 Å². The third-order valence-corrected chi connectivity index (χ3v) is 4.03. The van der Waals surface area contributed by atoms with E-state index in [1.165, 1.54) is 0 Å². The maximum absolute atomic E-state index is 12.0. The minimum absolute atomic E-state index is 0.0116. The van der Waals surface area contributed by atoms with Crippen molar-refractivity contribution in [2.75, 3.05) is 5.88 Å². The Morgan fingerprint density at radius 1 is 1.26 bits per heavy atom. The Balaban J connectivity index is 2.06. The predicted molar refractivity (Wildman–Crippen MR) is 69.1 cm³/mol. The molecule has 0 fully saturated rings. The van der Waals surface area contributed by atoms with Crippen LogP contribution in [0.2, 0.25) is 0 Å². The summed E-state index contributed by atoms with van der Waals surface area (Å²) in [5.41, 5.74) is 0.993. The molecule has 0 atom stereocenters. The zero-order valence-corrected chi connectivity index (χ0v) is 11.4. The number of hydrogen-bond donors (Lipinski definition) is 2. The number of H-pyrrole nitrogens is 1. The van der Waals surface area contributed by atoms with Crippen molar-refractivity contribution in [1.82, 2.24) is 25.3 Å². The number of nitrogens with one attached hydrogen (secondary N) is 2. The lowest BCUT2D eigenvalue weighted by molar-refractivity contribution is 0.579. The highest BCUT2D eigenvalue weighted by Crippen LogP contribution is 2.11. The first-order valence-corrected chi connectivity index (χ1v) is 7.50. The zero-order chi connectivity index (χ0) is 13.7. The van der Waals surface area contributed by atoms with Crippen LogP contribution in [0.4, 0.5) is 0 Å². The molecule has 0 saturated carbocycles. The van der Waals surface area contributed by atoms with Gasteiger partial charge in [-0.3, -0.25) is 0 Å². The van der Waals surface area contributed by atoms with Crippen molar-refractivity contribution < 1.29 is 8.42 Å². The van der Waals surface area contributed by atoms with Gasteiger partial charge in [0.1, 0.15) is 0 Å². The zero-order valence-electron chi connectivity index (χ0n) is 9.88. The van der Waals surface area contributed by atoms with E-state index in [-0.39, 0.29) is 17.3 Å². The fourth-order valence-corrected chi connectivity index (χ4v) is 2.64. The standard InChI is InChI=1S/C10H12ClN5O2S/c11-6-5-8-1-3-9(4-2-8)19(17,18)12-7-10-13-15-16-14-10/h1-4,12H,5-7H2,(H,13,14,15,16). The third-order valence-electron chi connectivity index (χ3n) is 2.43. The molecule has 0 aliphatic heterocycles. The average molecular weight is 302 g/mol. The molecule has 0 aliphatic rings. The average Bonchev–Trinajstić information content (AvgIpc) is 2.91. The normalized spacial score (nSPS) is 11.6. The number of benzene rings is 1. The van der Waals surface area contributed by atoms with E-state index in [0.717, 1.165) is 5.56 Å². The lowest BCUT2D eigenvalue weighted by Crippen LogP contribution is -2.23. The van der Waals surface area contributed by atoms with E-state index in [0.29, 0.717) is 12.3 Å². The van der Waals surface area contributed by atoms with Crippen LogP contribution in [-0.4, -0.2) is 34.9 Å². The molecule has 0 saturated heterocycles. The van der Waals surface area contributed by atoms with Gasteiger partial charge >= 0.3 is 0 Å². The van der Waals surface area contributed by atoms with Crippen LogP contribution in [0.5, 0.6) is 0 Å².